The molecule has 0 aliphatic heterocycles. The number of allylic oxidation sites excluding steroid dienone is 1. The van der Waals surface area contributed by atoms with Crippen LogP contribution in [0.25, 0.3) is 33.9 Å². The molecule has 2 aromatic heterocycles. The number of benzene rings is 2. The monoisotopic (exact) mass is 454 g/mol. The van der Waals surface area contributed by atoms with Crippen molar-refractivity contribution in [1.29, 1.82) is 5.26 Å². The molecule has 0 saturated heterocycles. The molecule has 4 aromatic rings. The number of nitriles is 1. The molecule has 2 heterocycles. The van der Waals surface area contributed by atoms with Crippen LogP contribution in [-0.4, -0.2) is 12.1 Å². The molecular weight excluding hydrogens is 443 g/mol. The third-order valence-corrected chi connectivity index (χ3v) is 5.69. The largest absolute Gasteiger partial charge is 0.495 e. The summed E-state index contributed by atoms with van der Waals surface area (Å²) in [5.41, 5.74) is 1.62. The number of nitrogens with zero attached hydrogens (tertiary/aromatic N) is 2. The predicted molar refractivity (Wildman–Crippen MR) is 120 cm³/mol. The Hall–Kier alpha value is -3.11. The zero-order valence-corrected chi connectivity index (χ0v) is 17.8. The molecule has 0 unspecified atom stereocenters. The molecule has 2 aromatic carbocycles. The van der Waals surface area contributed by atoms with Gasteiger partial charge in [-0.1, -0.05) is 41.4 Å². The van der Waals surface area contributed by atoms with Gasteiger partial charge in [-0.3, -0.25) is 0 Å². The topological polar surface area (TPSA) is 76.1 Å². The minimum absolute atomic E-state index is 0.285. The number of hydrogen-bond donors (Lipinski definition) is 0. The fourth-order valence-electron chi connectivity index (χ4n) is 2.96. The zero-order valence-electron chi connectivity index (χ0n) is 15.5. The highest BCUT2D eigenvalue weighted by Gasteiger charge is 2.15. The third-order valence-electron chi connectivity index (χ3n) is 4.31. The summed E-state index contributed by atoms with van der Waals surface area (Å²) in [5, 5.41) is 13.4. The molecule has 148 valence electrons. The SMILES string of the molecule is COc1c(Cl)cc(Cl)cc1C=C(C#N)c1nc(-c2cc3ccccc3oc2=O)cs1. The highest BCUT2D eigenvalue weighted by atomic mass is 35.5. The van der Waals surface area contributed by atoms with Crippen LogP contribution in [0.1, 0.15) is 10.6 Å². The lowest BCUT2D eigenvalue weighted by atomic mass is 10.1. The van der Waals surface area contributed by atoms with Gasteiger partial charge >= 0.3 is 5.63 Å². The molecule has 0 N–H and O–H groups in total. The summed E-state index contributed by atoms with van der Waals surface area (Å²) in [6.45, 7) is 0. The van der Waals surface area contributed by atoms with E-state index < -0.39 is 5.63 Å². The first-order valence-corrected chi connectivity index (χ1v) is 10.3. The second-order valence-electron chi connectivity index (χ2n) is 6.20. The summed E-state index contributed by atoms with van der Waals surface area (Å²) in [6, 6.07) is 14.3. The van der Waals surface area contributed by atoms with E-state index in [2.05, 4.69) is 11.1 Å². The Morgan fingerprint density at radius 3 is 2.83 bits per heavy atom. The summed E-state index contributed by atoms with van der Waals surface area (Å²) in [5.74, 6) is 0.403. The Labute approximate surface area is 185 Å². The molecule has 0 bridgehead atoms. The molecular formula is C22H12Cl2N2O3S. The summed E-state index contributed by atoms with van der Waals surface area (Å²) >= 11 is 13.5. The van der Waals surface area contributed by atoms with Gasteiger partial charge in [0.1, 0.15) is 22.4 Å². The van der Waals surface area contributed by atoms with Crippen LogP contribution in [0.5, 0.6) is 5.75 Å². The molecule has 0 amide bonds. The van der Waals surface area contributed by atoms with Crippen molar-refractivity contribution in [2.24, 2.45) is 0 Å². The lowest BCUT2D eigenvalue weighted by Gasteiger charge is -2.08. The van der Waals surface area contributed by atoms with Crippen molar-refractivity contribution in [1.82, 2.24) is 4.98 Å². The molecule has 5 nitrogen and oxygen atoms in total. The Kier molecular flexibility index (Phi) is 5.60. The summed E-state index contributed by atoms with van der Waals surface area (Å²) in [6.07, 6.45) is 1.60. The van der Waals surface area contributed by atoms with Crippen LogP contribution in [0, 0.1) is 11.3 Å². The van der Waals surface area contributed by atoms with Gasteiger partial charge in [0.05, 0.1) is 29.0 Å². The van der Waals surface area contributed by atoms with Crippen LogP contribution in [0.4, 0.5) is 0 Å². The predicted octanol–water partition coefficient (Wildman–Crippen LogP) is 6.30. The number of thiazole rings is 1. The molecule has 0 fully saturated rings. The first kappa shape index (κ1) is 20.2. The van der Waals surface area contributed by atoms with Gasteiger partial charge in [-0.25, -0.2) is 9.78 Å². The van der Waals surface area contributed by atoms with E-state index in [9.17, 15) is 10.1 Å². The first-order chi connectivity index (χ1) is 14.5. The number of ether oxygens (including phenoxy) is 1. The quantitative estimate of drug-likeness (QED) is 0.267. The van der Waals surface area contributed by atoms with Gasteiger partial charge in [0.2, 0.25) is 0 Å². The average molecular weight is 455 g/mol. The van der Waals surface area contributed by atoms with Gasteiger partial charge in [0.25, 0.3) is 0 Å². The summed E-state index contributed by atoms with van der Waals surface area (Å²) in [4.78, 5) is 16.9. The van der Waals surface area contributed by atoms with Crippen molar-refractivity contribution >= 4 is 57.2 Å². The molecule has 0 radical (unpaired) electrons. The molecule has 0 atom stereocenters. The van der Waals surface area contributed by atoms with E-state index in [1.54, 1.807) is 41.8 Å². The van der Waals surface area contributed by atoms with Gasteiger partial charge < -0.3 is 9.15 Å². The van der Waals surface area contributed by atoms with E-state index >= 15 is 0 Å². The minimum Gasteiger partial charge on any atom is -0.495 e. The van der Waals surface area contributed by atoms with Crippen molar-refractivity contribution in [2.75, 3.05) is 7.11 Å². The fourth-order valence-corrected chi connectivity index (χ4v) is 4.33. The van der Waals surface area contributed by atoms with Crippen molar-refractivity contribution in [3.63, 3.8) is 0 Å². The average Bonchev–Trinajstić information content (AvgIpc) is 3.21. The maximum absolute atomic E-state index is 12.4. The maximum Gasteiger partial charge on any atom is 0.345 e. The fraction of sp³-hybridized carbons (Fsp3) is 0.0455. The molecule has 4 rings (SSSR count). The number of halogens is 2. The molecule has 0 aliphatic carbocycles. The Balaban J connectivity index is 1.79. The van der Waals surface area contributed by atoms with E-state index in [4.69, 9.17) is 32.4 Å². The lowest BCUT2D eigenvalue weighted by Crippen LogP contribution is -2.02. The summed E-state index contributed by atoms with van der Waals surface area (Å²) < 4.78 is 10.7. The maximum atomic E-state index is 12.4. The molecule has 30 heavy (non-hydrogen) atoms. The van der Waals surface area contributed by atoms with Crippen LogP contribution >= 0.6 is 34.5 Å². The highest BCUT2D eigenvalue weighted by Crippen LogP contribution is 2.35. The van der Waals surface area contributed by atoms with E-state index in [0.29, 0.717) is 43.2 Å². The van der Waals surface area contributed by atoms with Crippen LogP contribution in [0.2, 0.25) is 10.0 Å². The third kappa shape index (κ3) is 3.83. The van der Waals surface area contributed by atoms with Crippen molar-refractivity contribution in [3.8, 4) is 23.1 Å². The van der Waals surface area contributed by atoms with Crippen molar-refractivity contribution < 1.29 is 9.15 Å². The van der Waals surface area contributed by atoms with Crippen LogP contribution in [0.15, 0.2) is 57.1 Å². The molecule has 8 heteroatoms. The molecule has 0 aliphatic rings. The Morgan fingerprint density at radius 1 is 1.27 bits per heavy atom. The van der Waals surface area contributed by atoms with Gasteiger partial charge in [0.15, 0.2) is 0 Å². The number of para-hydroxylation sites is 1. The number of aromatic nitrogens is 1. The highest BCUT2D eigenvalue weighted by molar-refractivity contribution is 7.11. The second-order valence-corrected chi connectivity index (χ2v) is 7.90. The smallest absolute Gasteiger partial charge is 0.345 e. The Bertz CT molecular complexity index is 1400. The lowest BCUT2D eigenvalue weighted by molar-refractivity contribution is 0.414. The van der Waals surface area contributed by atoms with Gasteiger partial charge in [-0.15, -0.1) is 11.3 Å². The second kappa shape index (κ2) is 8.33. The van der Waals surface area contributed by atoms with Crippen molar-refractivity contribution in [3.05, 3.63) is 78.9 Å². The number of methoxy groups -OCH3 is 1. The van der Waals surface area contributed by atoms with Crippen molar-refractivity contribution in [2.45, 2.75) is 0 Å². The van der Waals surface area contributed by atoms with Crippen LogP contribution < -0.4 is 10.4 Å². The van der Waals surface area contributed by atoms with Gasteiger partial charge in [-0.05, 0) is 30.3 Å². The summed E-state index contributed by atoms with van der Waals surface area (Å²) in [7, 11) is 1.49. The van der Waals surface area contributed by atoms with E-state index in [-0.39, 0.29) is 5.57 Å². The molecule has 0 spiro atoms. The first-order valence-electron chi connectivity index (χ1n) is 8.64. The van der Waals surface area contributed by atoms with Gasteiger partial charge in [-0.2, -0.15) is 5.26 Å². The van der Waals surface area contributed by atoms with E-state index in [0.717, 1.165) is 5.39 Å². The van der Waals surface area contributed by atoms with Gasteiger partial charge in [0, 0.05) is 21.4 Å². The van der Waals surface area contributed by atoms with E-state index in [1.807, 2.05) is 12.1 Å². The normalized spacial score (nSPS) is 11.5. The Morgan fingerprint density at radius 2 is 2.07 bits per heavy atom. The minimum atomic E-state index is -0.490. The number of hydrogen-bond acceptors (Lipinski definition) is 6. The standard InChI is InChI=1S/C22H12Cl2N2O3S/c1-28-20-13(7-15(23)9-17(20)24)6-14(10-25)21-26-18(11-30-21)16-8-12-4-2-3-5-19(12)29-22(16)27/h2-9,11H,1H3. The van der Waals surface area contributed by atoms with Crippen LogP contribution in [-0.2, 0) is 0 Å². The number of fused-ring (bicyclic) bond motifs is 1. The molecule has 0 saturated carbocycles. The zero-order chi connectivity index (χ0) is 21.3. The van der Waals surface area contributed by atoms with E-state index in [1.165, 1.54) is 18.4 Å². The number of rotatable bonds is 4. The van der Waals surface area contributed by atoms with Crippen LogP contribution in [0.3, 0.4) is 0 Å².